The second-order valence-electron chi connectivity index (χ2n) is 6.26. The number of nitrogens with one attached hydrogen (secondary N) is 2. The fourth-order valence-electron chi connectivity index (χ4n) is 3.04. The molecule has 3 N–H and O–H groups in total. The van der Waals surface area contributed by atoms with Crippen LogP contribution in [0, 0.1) is 13.8 Å². The molecule has 0 spiro atoms. The predicted molar refractivity (Wildman–Crippen MR) is 94.8 cm³/mol. The lowest BCUT2D eigenvalue weighted by molar-refractivity contribution is 0.0829. The van der Waals surface area contributed by atoms with Crippen LogP contribution in [0.1, 0.15) is 34.3 Å². The third-order valence-electron chi connectivity index (χ3n) is 4.41. The van der Waals surface area contributed by atoms with E-state index in [4.69, 9.17) is 23.2 Å². The van der Waals surface area contributed by atoms with Crippen LogP contribution in [0.25, 0.3) is 0 Å². The summed E-state index contributed by atoms with van der Waals surface area (Å²) in [6.07, 6.45) is 1.15. The normalized spacial score (nSPS) is 20.2. The fraction of sp³-hybridized carbons (Fsp3) is 0.467. The molecule has 140 valence electrons. The number of halogens is 2. The van der Waals surface area contributed by atoms with E-state index in [-0.39, 0.29) is 29.3 Å². The van der Waals surface area contributed by atoms with Crippen molar-refractivity contribution in [1.29, 1.82) is 0 Å². The Morgan fingerprint density at radius 3 is 2.62 bits per heavy atom. The minimum atomic E-state index is -1.01. The van der Waals surface area contributed by atoms with Crippen LogP contribution in [0.15, 0.2) is 6.20 Å². The van der Waals surface area contributed by atoms with Gasteiger partial charge in [-0.25, -0.2) is 9.48 Å². The van der Waals surface area contributed by atoms with Crippen LogP contribution in [0.4, 0.5) is 4.79 Å². The molecule has 2 amide bonds. The zero-order chi connectivity index (χ0) is 19.0. The summed E-state index contributed by atoms with van der Waals surface area (Å²) >= 11 is 12.1. The van der Waals surface area contributed by atoms with Crippen molar-refractivity contribution in [3.8, 4) is 0 Å². The number of H-pyrrole nitrogens is 1. The number of aromatic nitrogens is 4. The van der Waals surface area contributed by atoms with Gasteiger partial charge in [-0.05, 0) is 20.3 Å². The Morgan fingerprint density at radius 1 is 1.35 bits per heavy atom. The van der Waals surface area contributed by atoms with Gasteiger partial charge >= 0.3 is 6.09 Å². The average Bonchev–Trinajstić information content (AvgIpc) is 3.14. The Balaban J connectivity index is 1.83. The van der Waals surface area contributed by atoms with Crippen molar-refractivity contribution in [3.63, 3.8) is 0 Å². The monoisotopic (exact) mass is 400 g/mol. The molecule has 0 saturated carbocycles. The fourth-order valence-corrected chi connectivity index (χ4v) is 3.45. The number of likely N-dealkylation sites (tertiary alicyclic amines) is 1. The van der Waals surface area contributed by atoms with Crippen molar-refractivity contribution in [3.05, 3.63) is 33.3 Å². The van der Waals surface area contributed by atoms with Crippen LogP contribution in [0.5, 0.6) is 0 Å². The minimum Gasteiger partial charge on any atom is -0.465 e. The smallest absolute Gasteiger partial charge is 0.407 e. The SMILES string of the molecule is Cc1cn([C@H]2CN(C(=O)O)CC[C@H]2NC(=O)c2[nH]c(C)c(Cl)c2Cl)nn1. The van der Waals surface area contributed by atoms with Crippen molar-refractivity contribution < 1.29 is 14.7 Å². The maximum atomic E-state index is 12.6. The maximum Gasteiger partial charge on any atom is 0.407 e. The molecule has 3 heterocycles. The highest BCUT2D eigenvalue weighted by Crippen LogP contribution is 2.30. The number of carboxylic acid groups (broad SMARTS) is 1. The molecule has 3 rings (SSSR count). The minimum absolute atomic E-state index is 0.165. The summed E-state index contributed by atoms with van der Waals surface area (Å²) in [5, 5.41) is 20.7. The number of amides is 2. The number of carbonyl (C=O) groups is 2. The molecular weight excluding hydrogens is 383 g/mol. The molecule has 0 unspecified atom stereocenters. The number of aromatic amines is 1. The van der Waals surface area contributed by atoms with E-state index in [2.05, 4.69) is 20.6 Å². The van der Waals surface area contributed by atoms with E-state index in [9.17, 15) is 14.7 Å². The molecule has 1 aliphatic heterocycles. The second kappa shape index (κ2) is 7.16. The molecule has 0 aromatic carbocycles. The van der Waals surface area contributed by atoms with Crippen molar-refractivity contribution in [2.45, 2.75) is 32.4 Å². The van der Waals surface area contributed by atoms with E-state index in [1.165, 1.54) is 4.90 Å². The number of hydrogen-bond acceptors (Lipinski definition) is 4. The molecule has 0 radical (unpaired) electrons. The zero-order valence-electron chi connectivity index (χ0n) is 14.2. The molecule has 2 atom stereocenters. The third-order valence-corrected chi connectivity index (χ3v) is 5.36. The largest absolute Gasteiger partial charge is 0.465 e. The summed E-state index contributed by atoms with van der Waals surface area (Å²) in [4.78, 5) is 28.1. The van der Waals surface area contributed by atoms with Crippen molar-refractivity contribution in [2.24, 2.45) is 0 Å². The number of aryl methyl sites for hydroxylation is 2. The van der Waals surface area contributed by atoms with Gasteiger partial charge in [-0.2, -0.15) is 0 Å². The molecule has 1 fully saturated rings. The summed E-state index contributed by atoms with van der Waals surface area (Å²) in [5.41, 5.74) is 1.49. The first kappa shape index (κ1) is 18.5. The Labute approximate surface area is 159 Å². The van der Waals surface area contributed by atoms with Gasteiger partial charge < -0.3 is 20.3 Å². The van der Waals surface area contributed by atoms with E-state index in [1.807, 2.05) is 0 Å². The predicted octanol–water partition coefficient (Wildman–Crippen LogP) is 2.25. The molecule has 11 heteroatoms. The number of rotatable bonds is 3. The quantitative estimate of drug-likeness (QED) is 0.730. The Bertz CT molecular complexity index is 849. The molecule has 26 heavy (non-hydrogen) atoms. The van der Waals surface area contributed by atoms with E-state index in [0.717, 1.165) is 0 Å². The Hall–Kier alpha value is -2.26. The van der Waals surface area contributed by atoms with Crippen LogP contribution in [0.2, 0.25) is 10.0 Å². The van der Waals surface area contributed by atoms with Crippen LogP contribution < -0.4 is 5.32 Å². The standard InChI is InChI=1S/C15H18Cl2N6O3/c1-7-5-23(21-20-7)10-6-22(15(25)26)4-3-9(10)19-14(24)13-12(17)11(16)8(2)18-13/h5,9-10,18H,3-4,6H2,1-2H3,(H,19,24)(H,25,26)/t9-,10+/m1/s1. The summed E-state index contributed by atoms with van der Waals surface area (Å²) in [6, 6.07) is -0.715. The first-order valence-electron chi connectivity index (χ1n) is 7.98. The second-order valence-corrected chi connectivity index (χ2v) is 7.01. The molecule has 1 aliphatic rings. The summed E-state index contributed by atoms with van der Waals surface area (Å²) < 4.78 is 1.59. The van der Waals surface area contributed by atoms with Gasteiger partial charge in [0.05, 0.1) is 27.8 Å². The lowest BCUT2D eigenvalue weighted by Crippen LogP contribution is -2.53. The summed E-state index contributed by atoms with van der Waals surface area (Å²) in [6.45, 7) is 4.01. The van der Waals surface area contributed by atoms with E-state index in [1.54, 1.807) is 24.7 Å². The highest BCUT2D eigenvalue weighted by Gasteiger charge is 2.35. The van der Waals surface area contributed by atoms with Crippen LogP contribution in [-0.4, -0.2) is 61.1 Å². The number of carbonyl (C=O) groups excluding carboxylic acids is 1. The molecule has 9 nitrogen and oxygen atoms in total. The van der Waals surface area contributed by atoms with E-state index >= 15 is 0 Å². The lowest BCUT2D eigenvalue weighted by Gasteiger charge is -2.37. The first-order chi connectivity index (χ1) is 12.3. The average molecular weight is 401 g/mol. The Kier molecular flexibility index (Phi) is 5.10. The highest BCUT2D eigenvalue weighted by molar-refractivity contribution is 6.44. The molecule has 0 bridgehead atoms. The molecule has 2 aromatic rings. The van der Waals surface area contributed by atoms with Crippen LogP contribution in [0.3, 0.4) is 0 Å². The van der Waals surface area contributed by atoms with Gasteiger partial charge in [-0.3, -0.25) is 4.79 Å². The number of hydrogen-bond donors (Lipinski definition) is 3. The van der Waals surface area contributed by atoms with Gasteiger partial charge in [-0.15, -0.1) is 5.10 Å². The molecule has 0 aliphatic carbocycles. The Morgan fingerprint density at radius 2 is 2.08 bits per heavy atom. The van der Waals surface area contributed by atoms with Gasteiger partial charge in [0, 0.05) is 25.0 Å². The van der Waals surface area contributed by atoms with Gasteiger partial charge in [0.25, 0.3) is 5.91 Å². The maximum absolute atomic E-state index is 12.6. The van der Waals surface area contributed by atoms with Gasteiger partial charge in [-0.1, -0.05) is 28.4 Å². The molecule has 1 saturated heterocycles. The third kappa shape index (κ3) is 3.49. The van der Waals surface area contributed by atoms with Gasteiger partial charge in [0.2, 0.25) is 0 Å². The van der Waals surface area contributed by atoms with Crippen LogP contribution in [-0.2, 0) is 0 Å². The number of piperidine rings is 1. The topological polar surface area (TPSA) is 116 Å². The van der Waals surface area contributed by atoms with Gasteiger partial charge in [0.15, 0.2) is 0 Å². The summed E-state index contributed by atoms with van der Waals surface area (Å²) in [7, 11) is 0. The van der Waals surface area contributed by atoms with Crippen molar-refractivity contribution in [2.75, 3.05) is 13.1 Å². The van der Waals surface area contributed by atoms with E-state index < -0.39 is 12.0 Å². The van der Waals surface area contributed by atoms with Crippen molar-refractivity contribution >= 4 is 35.2 Å². The van der Waals surface area contributed by atoms with E-state index in [0.29, 0.717) is 29.4 Å². The lowest BCUT2D eigenvalue weighted by atomic mass is 9.99. The van der Waals surface area contributed by atoms with Crippen LogP contribution >= 0.6 is 23.2 Å². The van der Waals surface area contributed by atoms with Gasteiger partial charge in [0.1, 0.15) is 5.69 Å². The first-order valence-corrected chi connectivity index (χ1v) is 8.74. The molecule has 2 aromatic heterocycles. The molecular formula is C15H18Cl2N6O3. The number of nitrogens with zero attached hydrogens (tertiary/aromatic N) is 4. The van der Waals surface area contributed by atoms with Crippen molar-refractivity contribution in [1.82, 2.24) is 30.2 Å². The zero-order valence-corrected chi connectivity index (χ0v) is 15.7. The summed E-state index contributed by atoms with van der Waals surface area (Å²) in [5.74, 6) is -0.402. The highest BCUT2D eigenvalue weighted by atomic mass is 35.5.